The molecule has 0 saturated heterocycles. The lowest BCUT2D eigenvalue weighted by atomic mass is 9.90. The van der Waals surface area contributed by atoms with E-state index in [1.54, 1.807) is 6.07 Å². The van der Waals surface area contributed by atoms with Gasteiger partial charge in [0.15, 0.2) is 11.5 Å². The number of fused-ring (bicyclic) bond motifs is 2. The summed E-state index contributed by atoms with van der Waals surface area (Å²) in [5.41, 5.74) is 4.15. The topological polar surface area (TPSA) is 76.7 Å². The fraction of sp³-hybridized carbons (Fsp3) is 0.333. The molecular weight excluding hydrogens is 340 g/mol. The summed E-state index contributed by atoms with van der Waals surface area (Å²) in [6.45, 7) is 1.17. The van der Waals surface area contributed by atoms with Crippen LogP contribution >= 0.6 is 0 Å². The van der Waals surface area contributed by atoms with Gasteiger partial charge in [-0.05, 0) is 60.3 Å². The Morgan fingerprint density at radius 3 is 2.80 bits per heavy atom. The lowest BCUT2D eigenvalue weighted by molar-refractivity contribution is 0.174. The number of ether oxygens (including phenoxy) is 2. The van der Waals surface area contributed by atoms with Gasteiger partial charge in [0.05, 0.1) is 6.26 Å². The Labute approximate surface area is 147 Å². The Bertz CT molecular complexity index is 911. The van der Waals surface area contributed by atoms with Crippen LogP contribution in [-0.4, -0.2) is 28.0 Å². The molecule has 0 fully saturated rings. The quantitative estimate of drug-likeness (QED) is 0.874. The van der Waals surface area contributed by atoms with Crippen LogP contribution in [0.15, 0.2) is 36.4 Å². The van der Waals surface area contributed by atoms with E-state index in [0.29, 0.717) is 5.69 Å². The zero-order chi connectivity index (χ0) is 17.4. The molecule has 0 radical (unpaired) electrons. The second-order valence-electron chi connectivity index (χ2n) is 6.44. The summed E-state index contributed by atoms with van der Waals surface area (Å²) >= 11 is 0. The second kappa shape index (κ2) is 6.24. The molecule has 0 saturated carbocycles. The molecule has 0 spiro atoms. The number of benzene rings is 2. The minimum absolute atomic E-state index is 0.159. The number of nitrogens with one attached hydrogen (secondary N) is 2. The smallest absolute Gasteiger partial charge is 0.231 e. The first-order valence-corrected chi connectivity index (χ1v) is 10.1. The van der Waals surface area contributed by atoms with E-state index in [4.69, 9.17) is 9.47 Å². The predicted molar refractivity (Wildman–Crippen MR) is 95.6 cm³/mol. The normalized spacial score (nSPS) is 18.7. The summed E-state index contributed by atoms with van der Waals surface area (Å²) in [7, 11) is -3.28. The summed E-state index contributed by atoms with van der Waals surface area (Å²) < 4.78 is 36.4. The number of rotatable bonds is 4. The Kier molecular flexibility index (Phi) is 4.05. The number of sulfonamides is 1. The third kappa shape index (κ3) is 3.57. The third-order valence-electron chi connectivity index (χ3n) is 4.46. The molecule has 2 N–H and O–H groups in total. The molecule has 4 rings (SSSR count). The van der Waals surface area contributed by atoms with Crippen LogP contribution in [0.5, 0.6) is 11.5 Å². The highest BCUT2D eigenvalue weighted by Gasteiger charge is 2.25. The van der Waals surface area contributed by atoms with Gasteiger partial charge in [-0.25, -0.2) is 8.42 Å². The SMILES string of the molecule is CS(=O)(=O)Nc1cccc(CC2NCCc3cc4c(cc32)OCO4)c1. The Morgan fingerprint density at radius 1 is 1.20 bits per heavy atom. The molecule has 2 aromatic carbocycles. The molecule has 6 nitrogen and oxygen atoms in total. The van der Waals surface area contributed by atoms with Crippen molar-refractivity contribution in [3.63, 3.8) is 0 Å². The number of anilines is 1. The van der Waals surface area contributed by atoms with Gasteiger partial charge in [-0.2, -0.15) is 0 Å². The van der Waals surface area contributed by atoms with Gasteiger partial charge < -0.3 is 14.8 Å². The predicted octanol–water partition coefficient (Wildman–Crippen LogP) is 2.22. The zero-order valence-corrected chi connectivity index (χ0v) is 14.7. The molecule has 2 aliphatic heterocycles. The fourth-order valence-corrected chi connectivity index (χ4v) is 3.98. The van der Waals surface area contributed by atoms with E-state index in [1.165, 1.54) is 11.1 Å². The average Bonchev–Trinajstić information content (AvgIpc) is 2.99. The molecular formula is C18H20N2O4S. The molecule has 0 aromatic heterocycles. The standard InChI is InChI=1S/C18H20N2O4S/c1-25(21,22)20-14-4-2-3-12(7-14)8-16-15-10-18-17(23-11-24-18)9-13(15)5-6-19-16/h2-4,7,9-10,16,19-20H,5-6,8,11H2,1H3. The third-order valence-corrected chi connectivity index (χ3v) is 5.07. The molecule has 0 bridgehead atoms. The first-order chi connectivity index (χ1) is 12.0. The van der Waals surface area contributed by atoms with Crippen molar-refractivity contribution in [2.24, 2.45) is 0 Å². The molecule has 0 aliphatic carbocycles. The Balaban J connectivity index is 1.60. The number of hydrogen-bond acceptors (Lipinski definition) is 5. The van der Waals surface area contributed by atoms with Crippen LogP contribution in [-0.2, 0) is 22.9 Å². The first kappa shape index (κ1) is 16.2. The molecule has 0 amide bonds. The maximum atomic E-state index is 11.4. The summed E-state index contributed by atoms with van der Waals surface area (Å²) in [4.78, 5) is 0. The summed E-state index contributed by atoms with van der Waals surface area (Å²) in [6.07, 6.45) is 2.88. The van der Waals surface area contributed by atoms with Crippen LogP contribution in [0, 0.1) is 0 Å². The molecule has 2 heterocycles. The molecule has 2 aliphatic rings. The van der Waals surface area contributed by atoms with Gasteiger partial charge in [0, 0.05) is 11.7 Å². The van der Waals surface area contributed by atoms with E-state index < -0.39 is 10.0 Å². The highest BCUT2D eigenvalue weighted by atomic mass is 32.2. The van der Waals surface area contributed by atoms with Crippen LogP contribution in [0.2, 0.25) is 0 Å². The highest BCUT2D eigenvalue weighted by Crippen LogP contribution is 2.39. The van der Waals surface area contributed by atoms with Gasteiger partial charge >= 0.3 is 0 Å². The Morgan fingerprint density at radius 2 is 2.00 bits per heavy atom. The van der Waals surface area contributed by atoms with Crippen LogP contribution < -0.4 is 19.5 Å². The van der Waals surface area contributed by atoms with Gasteiger partial charge in [0.2, 0.25) is 16.8 Å². The van der Waals surface area contributed by atoms with Crippen LogP contribution in [0.3, 0.4) is 0 Å². The van der Waals surface area contributed by atoms with Crippen molar-refractivity contribution in [2.75, 3.05) is 24.3 Å². The lowest BCUT2D eigenvalue weighted by Crippen LogP contribution is -2.31. The van der Waals surface area contributed by atoms with Gasteiger partial charge in [0.1, 0.15) is 0 Å². The second-order valence-corrected chi connectivity index (χ2v) is 8.19. The van der Waals surface area contributed by atoms with E-state index in [0.717, 1.165) is 42.7 Å². The summed E-state index contributed by atoms with van der Waals surface area (Å²) in [5, 5.41) is 3.55. The molecule has 25 heavy (non-hydrogen) atoms. The van der Waals surface area contributed by atoms with Gasteiger partial charge in [0.25, 0.3) is 0 Å². The zero-order valence-electron chi connectivity index (χ0n) is 13.9. The summed E-state index contributed by atoms with van der Waals surface area (Å²) in [6, 6.07) is 11.8. The molecule has 2 aromatic rings. The van der Waals surface area contributed by atoms with Gasteiger partial charge in [-0.15, -0.1) is 0 Å². The van der Waals surface area contributed by atoms with Crippen molar-refractivity contribution in [1.82, 2.24) is 5.32 Å². The summed E-state index contributed by atoms with van der Waals surface area (Å²) in [5.74, 6) is 1.61. The minimum Gasteiger partial charge on any atom is -0.454 e. The van der Waals surface area contributed by atoms with Crippen molar-refractivity contribution in [3.8, 4) is 11.5 Å². The van der Waals surface area contributed by atoms with Crippen LogP contribution in [0.1, 0.15) is 22.7 Å². The monoisotopic (exact) mass is 360 g/mol. The number of hydrogen-bond donors (Lipinski definition) is 2. The van der Waals surface area contributed by atoms with Crippen molar-refractivity contribution in [3.05, 3.63) is 53.1 Å². The van der Waals surface area contributed by atoms with Crippen LogP contribution in [0.25, 0.3) is 0 Å². The minimum atomic E-state index is -3.28. The molecule has 132 valence electrons. The highest BCUT2D eigenvalue weighted by molar-refractivity contribution is 7.92. The average molecular weight is 360 g/mol. The van der Waals surface area contributed by atoms with Crippen LogP contribution in [0.4, 0.5) is 5.69 Å². The lowest BCUT2D eigenvalue weighted by Gasteiger charge is -2.27. The maximum absolute atomic E-state index is 11.4. The molecule has 7 heteroatoms. The van der Waals surface area contributed by atoms with Crippen molar-refractivity contribution < 1.29 is 17.9 Å². The largest absolute Gasteiger partial charge is 0.454 e. The maximum Gasteiger partial charge on any atom is 0.231 e. The van der Waals surface area contributed by atoms with E-state index >= 15 is 0 Å². The van der Waals surface area contributed by atoms with E-state index in [2.05, 4.69) is 22.2 Å². The molecule has 1 atom stereocenters. The first-order valence-electron chi connectivity index (χ1n) is 8.20. The van der Waals surface area contributed by atoms with E-state index in [-0.39, 0.29) is 12.8 Å². The van der Waals surface area contributed by atoms with Crippen molar-refractivity contribution in [2.45, 2.75) is 18.9 Å². The van der Waals surface area contributed by atoms with Gasteiger partial charge in [-0.3, -0.25) is 4.72 Å². The molecule has 1 unspecified atom stereocenters. The van der Waals surface area contributed by atoms with Crippen molar-refractivity contribution >= 4 is 15.7 Å². The fourth-order valence-electron chi connectivity index (χ4n) is 3.43. The Hall–Kier alpha value is -2.25. The van der Waals surface area contributed by atoms with E-state index in [1.807, 2.05) is 18.2 Å². The van der Waals surface area contributed by atoms with Gasteiger partial charge in [-0.1, -0.05) is 12.1 Å². The van der Waals surface area contributed by atoms with E-state index in [9.17, 15) is 8.42 Å². The van der Waals surface area contributed by atoms with Crippen molar-refractivity contribution in [1.29, 1.82) is 0 Å².